The highest BCUT2D eigenvalue weighted by molar-refractivity contribution is 5.78. The number of fused-ring (bicyclic) bond motifs is 1. The maximum absolute atomic E-state index is 13.3. The molecular weight excluding hydrogens is 216 g/mol. The molecule has 3 nitrogen and oxygen atoms in total. The van der Waals surface area contributed by atoms with Crippen LogP contribution in [0.2, 0.25) is 0 Å². The summed E-state index contributed by atoms with van der Waals surface area (Å²) >= 11 is 0. The molecule has 0 radical (unpaired) electrons. The minimum atomic E-state index is -2.62. The molecule has 0 aromatic carbocycles. The average Bonchev–Trinajstić information content (AvgIpc) is 2.60. The van der Waals surface area contributed by atoms with E-state index in [4.69, 9.17) is 4.74 Å². The van der Waals surface area contributed by atoms with Crippen LogP contribution in [0.4, 0.5) is 8.78 Å². The minimum absolute atomic E-state index is 0.196. The fourth-order valence-electron chi connectivity index (χ4n) is 2.85. The molecule has 5 heteroatoms. The molecule has 0 spiro atoms. The predicted octanol–water partition coefficient (Wildman–Crippen LogP) is 1.57. The van der Waals surface area contributed by atoms with Gasteiger partial charge in [-0.25, -0.2) is 8.78 Å². The molecule has 1 saturated carbocycles. The Morgan fingerprint density at radius 2 is 2.25 bits per heavy atom. The standard InChI is InChI=1S/C11H17F2NO2/c1-2-16-9(15)10-3-4-11(12,13)5-8(10)6-14-7-10/h8,14H,2-7H2,1H3/t8-,10-/m1/s1. The van der Waals surface area contributed by atoms with Crippen molar-refractivity contribution in [2.75, 3.05) is 19.7 Å². The molecule has 0 bridgehead atoms. The SMILES string of the molecule is CCOC(=O)[C@@]12CCC(F)(F)C[C@@H]1CNC2. The highest BCUT2D eigenvalue weighted by atomic mass is 19.3. The van der Waals surface area contributed by atoms with E-state index in [0.717, 1.165) is 0 Å². The van der Waals surface area contributed by atoms with Crippen molar-refractivity contribution in [3.8, 4) is 0 Å². The second-order valence-corrected chi connectivity index (χ2v) is 4.76. The molecule has 2 rings (SSSR count). The van der Waals surface area contributed by atoms with Crippen molar-refractivity contribution >= 4 is 5.97 Å². The van der Waals surface area contributed by atoms with Crippen molar-refractivity contribution in [1.29, 1.82) is 0 Å². The Bertz CT molecular complexity index is 296. The predicted molar refractivity (Wildman–Crippen MR) is 54.2 cm³/mol. The summed E-state index contributed by atoms with van der Waals surface area (Å²) in [5, 5.41) is 3.05. The first kappa shape index (κ1) is 11.8. The van der Waals surface area contributed by atoms with Gasteiger partial charge in [0, 0.05) is 19.4 Å². The van der Waals surface area contributed by atoms with Gasteiger partial charge in [0.2, 0.25) is 5.92 Å². The third kappa shape index (κ3) is 1.81. The third-order valence-electron chi connectivity index (χ3n) is 3.78. The van der Waals surface area contributed by atoms with Gasteiger partial charge < -0.3 is 10.1 Å². The number of esters is 1. The van der Waals surface area contributed by atoms with Crippen LogP contribution in [0.25, 0.3) is 0 Å². The normalized spacial score (nSPS) is 36.8. The molecule has 16 heavy (non-hydrogen) atoms. The van der Waals surface area contributed by atoms with Crippen LogP contribution in [0.15, 0.2) is 0 Å². The van der Waals surface area contributed by atoms with Crippen molar-refractivity contribution in [1.82, 2.24) is 5.32 Å². The van der Waals surface area contributed by atoms with E-state index in [2.05, 4.69) is 5.32 Å². The van der Waals surface area contributed by atoms with Gasteiger partial charge in [-0.1, -0.05) is 0 Å². The Kier molecular flexibility index (Phi) is 2.90. The molecule has 1 aliphatic carbocycles. The lowest BCUT2D eigenvalue weighted by Gasteiger charge is -2.39. The summed E-state index contributed by atoms with van der Waals surface area (Å²) in [6, 6.07) is 0. The van der Waals surface area contributed by atoms with Gasteiger partial charge in [0.1, 0.15) is 0 Å². The van der Waals surface area contributed by atoms with E-state index in [1.165, 1.54) is 0 Å². The van der Waals surface area contributed by atoms with Gasteiger partial charge in [-0.15, -0.1) is 0 Å². The smallest absolute Gasteiger partial charge is 0.313 e. The molecule has 92 valence electrons. The fraction of sp³-hybridized carbons (Fsp3) is 0.909. The number of nitrogens with one attached hydrogen (secondary N) is 1. The quantitative estimate of drug-likeness (QED) is 0.736. The van der Waals surface area contributed by atoms with Crippen LogP contribution in [0.1, 0.15) is 26.2 Å². The second kappa shape index (κ2) is 3.95. The molecule has 1 heterocycles. The van der Waals surface area contributed by atoms with Crippen LogP contribution < -0.4 is 5.32 Å². The van der Waals surface area contributed by atoms with Crippen molar-refractivity contribution in [2.24, 2.45) is 11.3 Å². The molecule has 2 aliphatic rings. The lowest BCUT2D eigenvalue weighted by Crippen LogP contribution is -2.46. The topological polar surface area (TPSA) is 38.3 Å². The number of rotatable bonds is 2. The number of halogens is 2. The molecule has 2 fully saturated rings. The Morgan fingerprint density at radius 3 is 2.94 bits per heavy atom. The van der Waals surface area contributed by atoms with E-state index in [-0.39, 0.29) is 31.1 Å². The number of carbonyl (C=O) groups excluding carboxylic acids is 1. The van der Waals surface area contributed by atoms with Crippen LogP contribution in [0.5, 0.6) is 0 Å². The first-order valence-electron chi connectivity index (χ1n) is 5.76. The molecule has 0 unspecified atom stereocenters. The first-order chi connectivity index (χ1) is 7.50. The van der Waals surface area contributed by atoms with E-state index in [0.29, 0.717) is 19.7 Å². The molecule has 2 atom stereocenters. The summed E-state index contributed by atoms with van der Waals surface area (Å²) in [4.78, 5) is 11.9. The summed E-state index contributed by atoms with van der Waals surface area (Å²) in [6.45, 7) is 3.02. The van der Waals surface area contributed by atoms with Crippen LogP contribution in [-0.2, 0) is 9.53 Å². The Labute approximate surface area is 93.5 Å². The number of alkyl halides is 2. The Morgan fingerprint density at radius 1 is 1.50 bits per heavy atom. The zero-order valence-electron chi connectivity index (χ0n) is 9.39. The van der Waals surface area contributed by atoms with Gasteiger partial charge in [0.05, 0.1) is 12.0 Å². The monoisotopic (exact) mass is 233 g/mol. The van der Waals surface area contributed by atoms with E-state index in [9.17, 15) is 13.6 Å². The van der Waals surface area contributed by atoms with Crippen LogP contribution in [-0.4, -0.2) is 31.6 Å². The Hall–Kier alpha value is -0.710. The first-order valence-corrected chi connectivity index (χ1v) is 5.76. The van der Waals surface area contributed by atoms with Gasteiger partial charge in [-0.3, -0.25) is 4.79 Å². The van der Waals surface area contributed by atoms with Crippen molar-refractivity contribution < 1.29 is 18.3 Å². The summed E-state index contributed by atoms with van der Waals surface area (Å²) in [7, 11) is 0. The average molecular weight is 233 g/mol. The van der Waals surface area contributed by atoms with Crippen molar-refractivity contribution in [2.45, 2.75) is 32.1 Å². The second-order valence-electron chi connectivity index (χ2n) is 4.76. The zero-order chi connectivity index (χ0) is 11.8. The summed E-state index contributed by atoms with van der Waals surface area (Å²) in [6.07, 6.45) is -0.167. The molecule has 1 saturated heterocycles. The van der Waals surface area contributed by atoms with Crippen molar-refractivity contribution in [3.63, 3.8) is 0 Å². The molecular formula is C11H17F2NO2. The number of hydrogen-bond acceptors (Lipinski definition) is 3. The Balaban J connectivity index is 2.16. The van der Waals surface area contributed by atoms with Crippen molar-refractivity contribution in [3.05, 3.63) is 0 Å². The lowest BCUT2D eigenvalue weighted by molar-refractivity contribution is -0.166. The van der Waals surface area contributed by atoms with Gasteiger partial charge >= 0.3 is 5.97 Å². The summed E-state index contributed by atoms with van der Waals surface area (Å²) in [5.74, 6) is -3.21. The van der Waals surface area contributed by atoms with E-state index >= 15 is 0 Å². The van der Waals surface area contributed by atoms with Crippen LogP contribution in [0.3, 0.4) is 0 Å². The highest BCUT2D eigenvalue weighted by Gasteiger charge is 2.57. The summed E-state index contributed by atoms with van der Waals surface area (Å²) < 4.78 is 31.6. The largest absolute Gasteiger partial charge is 0.466 e. The van der Waals surface area contributed by atoms with Gasteiger partial charge in [0.15, 0.2) is 0 Å². The molecule has 0 aromatic heterocycles. The number of ether oxygens (including phenoxy) is 1. The molecule has 0 aromatic rings. The molecule has 1 N–H and O–H groups in total. The highest BCUT2D eigenvalue weighted by Crippen LogP contribution is 2.49. The fourth-order valence-corrected chi connectivity index (χ4v) is 2.85. The minimum Gasteiger partial charge on any atom is -0.466 e. The lowest BCUT2D eigenvalue weighted by atomic mass is 9.67. The van der Waals surface area contributed by atoms with Crippen LogP contribution >= 0.6 is 0 Å². The van der Waals surface area contributed by atoms with Crippen LogP contribution in [0, 0.1) is 11.3 Å². The zero-order valence-corrected chi connectivity index (χ0v) is 9.39. The van der Waals surface area contributed by atoms with E-state index in [1.54, 1.807) is 6.92 Å². The number of carbonyl (C=O) groups is 1. The van der Waals surface area contributed by atoms with E-state index < -0.39 is 11.3 Å². The third-order valence-corrected chi connectivity index (χ3v) is 3.78. The van der Waals surface area contributed by atoms with Gasteiger partial charge in [0.25, 0.3) is 0 Å². The molecule has 0 amide bonds. The maximum Gasteiger partial charge on any atom is 0.313 e. The number of hydrogen-bond donors (Lipinski definition) is 1. The summed E-state index contributed by atoms with van der Waals surface area (Å²) in [5.41, 5.74) is -0.697. The van der Waals surface area contributed by atoms with E-state index in [1.807, 2.05) is 0 Å². The van der Waals surface area contributed by atoms with Gasteiger partial charge in [-0.05, 0) is 25.8 Å². The van der Waals surface area contributed by atoms with Gasteiger partial charge in [-0.2, -0.15) is 0 Å². The maximum atomic E-state index is 13.3. The molecule has 1 aliphatic heterocycles.